The van der Waals surface area contributed by atoms with Crippen LogP contribution in [0.2, 0.25) is 10.0 Å². The fraction of sp³-hybridized carbons (Fsp3) is 0.375. The summed E-state index contributed by atoms with van der Waals surface area (Å²) >= 11 is 12.2. The van der Waals surface area contributed by atoms with E-state index in [1.54, 1.807) is 6.92 Å². The second-order valence-corrected chi connectivity index (χ2v) is 5.53. The summed E-state index contributed by atoms with van der Waals surface area (Å²) in [4.78, 5) is 23.2. The van der Waals surface area contributed by atoms with Gasteiger partial charge in [0.1, 0.15) is 10.8 Å². The smallest absolute Gasteiger partial charge is 0.344 e. The SMILES string of the molecule is C=C(CCC)C(=O)c1ccc(OC(CC)C(=O)O)c(Cl)c1Cl. The highest BCUT2D eigenvalue weighted by atomic mass is 35.5. The van der Waals surface area contributed by atoms with Crippen LogP contribution < -0.4 is 4.74 Å². The van der Waals surface area contributed by atoms with Crippen molar-refractivity contribution in [3.63, 3.8) is 0 Å². The Morgan fingerprint density at radius 1 is 1.27 bits per heavy atom. The van der Waals surface area contributed by atoms with Crippen LogP contribution in [0.4, 0.5) is 0 Å². The molecule has 1 rings (SSSR count). The van der Waals surface area contributed by atoms with Crippen LogP contribution in [0.25, 0.3) is 0 Å². The summed E-state index contributed by atoms with van der Waals surface area (Å²) in [7, 11) is 0. The molecule has 0 aromatic heterocycles. The summed E-state index contributed by atoms with van der Waals surface area (Å²) in [6, 6.07) is 2.92. The lowest BCUT2D eigenvalue weighted by Crippen LogP contribution is -2.26. The quantitative estimate of drug-likeness (QED) is 0.544. The lowest BCUT2D eigenvalue weighted by Gasteiger charge is -2.16. The van der Waals surface area contributed by atoms with Gasteiger partial charge in [0, 0.05) is 5.56 Å². The van der Waals surface area contributed by atoms with Gasteiger partial charge in [-0.25, -0.2) is 4.79 Å². The van der Waals surface area contributed by atoms with E-state index in [0.717, 1.165) is 6.42 Å². The van der Waals surface area contributed by atoms with E-state index in [1.165, 1.54) is 12.1 Å². The molecule has 0 spiro atoms. The number of carbonyl (C=O) groups is 2. The number of aliphatic carboxylic acids is 1. The number of rotatable bonds is 8. The normalized spacial score (nSPS) is 11.8. The van der Waals surface area contributed by atoms with E-state index in [9.17, 15) is 9.59 Å². The minimum atomic E-state index is -1.09. The first-order chi connectivity index (χ1) is 10.3. The van der Waals surface area contributed by atoms with Gasteiger partial charge in [-0.3, -0.25) is 4.79 Å². The summed E-state index contributed by atoms with van der Waals surface area (Å²) < 4.78 is 5.33. The number of allylic oxidation sites excluding steroid dienone is 1. The van der Waals surface area contributed by atoms with Gasteiger partial charge in [-0.05, 0) is 30.5 Å². The predicted molar refractivity (Wildman–Crippen MR) is 87.2 cm³/mol. The first kappa shape index (κ1) is 18.5. The van der Waals surface area contributed by atoms with Crippen molar-refractivity contribution in [3.8, 4) is 5.75 Å². The molecule has 1 aromatic rings. The Morgan fingerprint density at radius 3 is 2.41 bits per heavy atom. The highest BCUT2D eigenvalue weighted by Crippen LogP contribution is 2.36. The van der Waals surface area contributed by atoms with Crippen molar-refractivity contribution in [2.24, 2.45) is 0 Å². The molecule has 0 radical (unpaired) electrons. The molecule has 1 atom stereocenters. The molecule has 0 fully saturated rings. The predicted octanol–water partition coefficient (Wildman–Crippen LogP) is 4.77. The molecule has 0 bridgehead atoms. The maximum absolute atomic E-state index is 12.2. The summed E-state index contributed by atoms with van der Waals surface area (Å²) in [6.45, 7) is 7.37. The van der Waals surface area contributed by atoms with E-state index in [4.69, 9.17) is 33.0 Å². The minimum absolute atomic E-state index is 0.0246. The second kappa shape index (κ2) is 8.20. The van der Waals surface area contributed by atoms with Gasteiger partial charge in [0.05, 0.1) is 5.02 Å². The van der Waals surface area contributed by atoms with Gasteiger partial charge in [0.2, 0.25) is 0 Å². The third kappa shape index (κ3) is 4.24. The zero-order valence-electron chi connectivity index (χ0n) is 12.5. The molecule has 0 heterocycles. The van der Waals surface area contributed by atoms with Crippen molar-refractivity contribution in [2.75, 3.05) is 0 Å². The van der Waals surface area contributed by atoms with Gasteiger partial charge < -0.3 is 9.84 Å². The van der Waals surface area contributed by atoms with Crippen molar-refractivity contribution in [1.29, 1.82) is 0 Å². The number of halogens is 2. The molecule has 120 valence electrons. The molecule has 1 unspecified atom stereocenters. The van der Waals surface area contributed by atoms with Crippen molar-refractivity contribution in [2.45, 2.75) is 39.2 Å². The summed E-state index contributed by atoms with van der Waals surface area (Å²) in [6.07, 6.45) is 0.623. The van der Waals surface area contributed by atoms with Gasteiger partial charge in [0.25, 0.3) is 0 Å². The van der Waals surface area contributed by atoms with Crippen LogP contribution >= 0.6 is 23.2 Å². The summed E-state index contributed by atoms with van der Waals surface area (Å²) in [5, 5.41) is 9.07. The van der Waals surface area contributed by atoms with Crippen LogP contribution in [0.1, 0.15) is 43.5 Å². The average Bonchev–Trinajstić information content (AvgIpc) is 2.48. The molecule has 6 heteroatoms. The maximum Gasteiger partial charge on any atom is 0.344 e. The fourth-order valence-corrected chi connectivity index (χ4v) is 2.32. The number of carboxylic acids is 1. The number of carboxylic acid groups (broad SMARTS) is 1. The maximum atomic E-state index is 12.2. The van der Waals surface area contributed by atoms with Crippen molar-refractivity contribution < 1.29 is 19.4 Å². The lowest BCUT2D eigenvalue weighted by molar-refractivity contribution is -0.145. The van der Waals surface area contributed by atoms with Crippen LogP contribution in [0.3, 0.4) is 0 Å². The van der Waals surface area contributed by atoms with Gasteiger partial charge in [0.15, 0.2) is 11.9 Å². The molecule has 4 nitrogen and oxygen atoms in total. The van der Waals surface area contributed by atoms with Crippen LogP contribution in [-0.2, 0) is 4.79 Å². The van der Waals surface area contributed by atoms with E-state index < -0.39 is 12.1 Å². The number of ether oxygens (including phenoxy) is 1. The number of Topliss-reactive ketones (excluding diaryl/α,β-unsaturated/α-hetero) is 1. The molecule has 0 aliphatic carbocycles. The number of carbonyl (C=O) groups excluding carboxylic acids is 1. The second-order valence-electron chi connectivity index (χ2n) is 4.77. The Balaban J connectivity index is 3.09. The molecule has 0 amide bonds. The average molecular weight is 345 g/mol. The molecule has 22 heavy (non-hydrogen) atoms. The zero-order valence-corrected chi connectivity index (χ0v) is 14.0. The first-order valence-corrected chi connectivity index (χ1v) is 7.68. The molecule has 0 saturated carbocycles. The van der Waals surface area contributed by atoms with Crippen LogP contribution in [0.5, 0.6) is 5.75 Å². The third-order valence-corrected chi connectivity index (χ3v) is 3.94. The molecule has 1 aromatic carbocycles. The summed E-state index contributed by atoms with van der Waals surface area (Å²) in [5.74, 6) is -1.23. The van der Waals surface area contributed by atoms with Crippen molar-refractivity contribution >= 4 is 35.0 Å². The number of benzene rings is 1. The molecular weight excluding hydrogens is 327 g/mol. The van der Waals surface area contributed by atoms with E-state index >= 15 is 0 Å². The Morgan fingerprint density at radius 2 is 1.91 bits per heavy atom. The number of hydrogen-bond donors (Lipinski definition) is 1. The Hall–Kier alpha value is -1.52. The first-order valence-electron chi connectivity index (χ1n) is 6.93. The molecule has 0 aliphatic heterocycles. The topological polar surface area (TPSA) is 63.6 Å². The van der Waals surface area contributed by atoms with E-state index in [2.05, 4.69) is 6.58 Å². The lowest BCUT2D eigenvalue weighted by atomic mass is 10.0. The van der Waals surface area contributed by atoms with Gasteiger partial charge in [-0.1, -0.05) is 50.0 Å². The zero-order chi connectivity index (χ0) is 16.9. The number of hydrogen-bond acceptors (Lipinski definition) is 3. The summed E-state index contributed by atoms with van der Waals surface area (Å²) in [5.41, 5.74) is 0.687. The van der Waals surface area contributed by atoms with Gasteiger partial charge >= 0.3 is 5.97 Å². The van der Waals surface area contributed by atoms with Crippen LogP contribution in [-0.4, -0.2) is 23.0 Å². The standard InChI is InChI=1S/C16H18Cl2O4/c1-4-6-9(3)15(19)10-7-8-12(14(18)13(10)17)22-11(5-2)16(20)21/h7-8,11H,3-6H2,1-2H3,(H,20,21). The Bertz CT molecular complexity index is 596. The Kier molecular flexibility index (Phi) is 6.91. The molecule has 0 aliphatic rings. The largest absolute Gasteiger partial charge is 0.479 e. The highest BCUT2D eigenvalue weighted by molar-refractivity contribution is 6.45. The van der Waals surface area contributed by atoms with E-state index in [1.807, 2.05) is 6.92 Å². The van der Waals surface area contributed by atoms with E-state index in [-0.39, 0.29) is 33.6 Å². The minimum Gasteiger partial charge on any atom is -0.479 e. The van der Waals surface area contributed by atoms with E-state index in [0.29, 0.717) is 12.0 Å². The number of ketones is 1. The molecule has 1 N–H and O–H groups in total. The molecule has 0 saturated heterocycles. The van der Waals surface area contributed by atoms with Gasteiger partial charge in [-0.15, -0.1) is 0 Å². The van der Waals surface area contributed by atoms with Crippen molar-refractivity contribution in [3.05, 3.63) is 39.9 Å². The third-order valence-electron chi connectivity index (χ3n) is 3.08. The Labute approximate surface area is 139 Å². The van der Waals surface area contributed by atoms with Crippen LogP contribution in [0, 0.1) is 0 Å². The fourth-order valence-electron chi connectivity index (χ4n) is 1.87. The van der Waals surface area contributed by atoms with Crippen molar-refractivity contribution in [1.82, 2.24) is 0 Å². The highest BCUT2D eigenvalue weighted by Gasteiger charge is 2.22. The molecular formula is C16H18Cl2O4. The van der Waals surface area contributed by atoms with Gasteiger partial charge in [-0.2, -0.15) is 0 Å². The monoisotopic (exact) mass is 344 g/mol. The van der Waals surface area contributed by atoms with Crippen LogP contribution in [0.15, 0.2) is 24.3 Å².